The van der Waals surface area contributed by atoms with Gasteiger partial charge in [-0.1, -0.05) is 54.6 Å². The number of hydrogen-bond acceptors (Lipinski definition) is 6. The number of pyridine rings is 1. The molecule has 3 heterocycles. The molecule has 0 aliphatic heterocycles. The van der Waals surface area contributed by atoms with Gasteiger partial charge in [0.25, 0.3) is 0 Å². The Labute approximate surface area is 220 Å². The molecule has 4 N–H and O–H groups in total. The van der Waals surface area contributed by atoms with Crippen molar-refractivity contribution >= 4 is 27.5 Å². The van der Waals surface area contributed by atoms with Gasteiger partial charge < -0.3 is 20.8 Å². The van der Waals surface area contributed by atoms with Gasteiger partial charge in [-0.15, -0.1) is 0 Å². The van der Waals surface area contributed by atoms with Gasteiger partial charge in [0, 0.05) is 46.8 Å². The van der Waals surface area contributed by atoms with Crippen LogP contribution in [0.15, 0.2) is 104 Å². The second-order valence-electron chi connectivity index (χ2n) is 9.37. The summed E-state index contributed by atoms with van der Waals surface area (Å²) in [5.41, 5.74) is 13.7. The molecule has 188 valence electrons. The van der Waals surface area contributed by atoms with E-state index in [2.05, 4.69) is 55.8 Å². The van der Waals surface area contributed by atoms with Crippen molar-refractivity contribution in [3.8, 4) is 16.9 Å². The number of nitrogens with two attached hydrogens (primary N) is 1. The second kappa shape index (κ2) is 10.7. The van der Waals surface area contributed by atoms with Crippen LogP contribution in [-0.4, -0.2) is 32.8 Å². The SMILES string of the molecule is NC(COc1cncc(-c2ccc3nncc(NCc4ccccc4)c3c2)c1)Cc1c[nH]c2ccccc12. The zero-order valence-electron chi connectivity index (χ0n) is 20.8. The lowest BCUT2D eigenvalue weighted by Crippen LogP contribution is -2.30. The highest BCUT2D eigenvalue weighted by Gasteiger charge is 2.11. The molecule has 0 aliphatic carbocycles. The van der Waals surface area contributed by atoms with Crippen molar-refractivity contribution in [3.63, 3.8) is 0 Å². The maximum absolute atomic E-state index is 6.42. The predicted octanol–water partition coefficient (Wildman–Crippen LogP) is 5.73. The highest BCUT2D eigenvalue weighted by Crippen LogP contribution is 2.29. The second-order valence-corrected chi connectivity index (χ2v) is 9.37. The number of hydrogen-bond donors (Lipinski definition) is 3. The first-order valence-electron chi connectivity index (χ1n) is 12.6. The van der Waals surface area contributed by atoms with E-state index < -0.39 is 0 Å². The van der Waals surface area contributed by atoms with Crippen LogP contribution in [0.3, 0.4) is 0 Å². The Morgan fingerprint density at radius 2 is 1.74 bits per heavy atom. The van der Waals surface area contributed by atoms with Crippen LogP contribution >= 0.6 is 0 Å². The number of nitrogens with one attached hydrogen (secondary N) is 2. The molecule has 0 aliphatic rings. The van der Waals surface area contributed by atoms with Gasteiger partial charge in [0.2, 0.25) is 0 Å². The fraction of sp³-hybridized carbons (Fsp3) is 0.129. The molecule has 1 unspecified atom stereocenters. The quantitative estimate of drug-likeness (QED) is 0.234. The number of aromatic nitrogens is 4. The van der Waals surface area contributed by atoms with Crippen LogP contribution in [-0.2, 0) is 13.0 Å². The summed E-state index contributed by atoms with van der Waals surface area (Å²) in [5.74, 6) is 0.687. The largest absolute Gasteiger partial charge is 0.490 e. The minimum atomic E-state index is -0.143. The van der Waals surface area contributed by atoms with E-state index in [1.54, 1.807) is 12.4 Å². The molecule has 6 aromatic rings. The topological polar surface area (TPSA) is 102 Å². The Morgan fingerprint density at radius 3 is 2.66 bits per heavy atom. The van der Waals surface area contributed by atoms with Gasteiger partial charge >= 0.3 is 0 Å². The lowest BCUT2D eigenvalue weighted by molar-refractivity contribution is 0.287. The lowest BCUT2D eigenvalue weighted by atomic mass is 10.0. The molecule has 0 spiro atoms. The summed E-state index contributed by atoms with van der Waals surface area (Å²) in [5, 5.41) is 14.2. The Hall–Kier alpha value is -4.75. The van der Waals surface area contributed by atoms with E-state index in [9.17, 15) is 0 Å². The first-order valence-corrected chi connectivity index (χ1v) is 12.6. The van der Waals surface area contributed by atoms with Gasteiger partial charge in [-0.25, -0.2) is 0 Å². The average molecular weight is 501 g/mol. The molecule has 0 amide bonds. The van der Waals surface area contributed by atoms with E-state index >= 15 is 0 Å². The van der Waals surface area contributed by atoms with E-state index in [4.69, 9.17) is 10.5 Å². The molecular weight excluding hydrogens is 472 g/mol. The number of ether oxygens (including phenoxy) is 1. The third kappa shape index (κ3) is 5.19. The fourth-order valence-electron chi connectivity index (χ4n) is 4.67. The van der Waals surface area contributed by atoms with Gasteiger partial charge in [-0.05, 0) is 47.4 Å². The summed E-state index contributed by atoms with van der Waals surface area (Å²) >= 11 is 0. The van der Waals surface area contributed by atoms with Crippen LogP contribution in [0.2, 0.25) is 0 Å². The van der Waals surface area contributed by atoms with E-state index in [0.29, 0.717) is 18.9 Å². The third-order valence-electron chi connectivity index (χ3n) is 6.63. The van der Waals surface area contributed by atoms with Gasteiger partial charge in [0.1, 0.15) is 12.4 Å². The molecule has 0 radical (unpaired) electrons. The Bertz CT molecular complexity index is 1680. The molecule has 6 rings (SSSR count). The normalized spacial score (nSPS) is 12.0. The van der Waals surface area contributed by atoms with E-state index in [-0.39, 0.29) is 6.04 Å². The third-order valence-corrected chi connectivity index (χ3v) is 6.63. The van der Waals surface area contributed by atoms with Crippen molar-refractivity contribution in [1.29, 1.82) is 0 Å². The molecule has 7 nitrogen and oxygen atoms in total. The smallest absolute Gasteiger partial charge is 0.138 e. The average Bonchev–Trinajstić information content (AvgIpc) is 3.38. The molecular formula is C31H28N6O. The zero-order valence-corrected chi connectivity index (χ0v) is 20.8. The van der Waals surface area contributed by atoms with Crippen molar-refractivity contribution < 1.29 is 4.74 Å². The summed E-state index contributed by atoms with van der Waals surface area (Å²) in [6.45, 7) is 1.10. The van der Waals surface area contributed by atoms with Crippen molar-refractivity contribution in [2.24, 2.45) is 5.73 Å². The summed E-state index contributed by atoms with van der Waals surface area (Å²) in [6.07, 6.45) is 8.08. The van der Waals surface area contributed by atoms with Gasteiger partial charge in [0.05, 0.1) is 23.6 Å². The van der Waals surface area contributed by atoms with E-state index in [1.807, 2.05) is 60.9 Å². The standard InChI is InChI=1S/C31H28N6O/c32-25(12-24-17-35-29-9-5-4-8-27(24)29)20-38-26-13-23(16-33-18-26)22-10-11-30-28(14-22)31(19-36-37-30)34-15-21-6-2-1-3-7-21/h1-11,13-14,16-19,25,35H,12,15,20,32H2,(H,34,37). The predicted molar refractivity (Wildman–Crippen MR) is 152 cm³/mol. The van der Waals surface area contributed by atoms with Crippen molar-refractivity contribution in [2.45, 2.75) is 19.0 Å². The zero-order chi connectivity index (χ0) is 25.7. The summed E-state index contributed by atoms with van der Waals surface area (Å²) in [7, 11) is 0. The monoisotopic (exact) mass is 500 g/mol. The maximum Gasteiger partial charge on any atom is 0.138 e. The van der Waals surface area contributed by atoms with Gasteiger partial charge in [0.15, 0.2) is 0 Å². The van der Waals surface area contributed by atoms with Crippen molar-refractivity contribution in [3.05, 3.63) is 115 Å². The Balaban J connectivity index is 1.16. The van der Waals surface area contributed by atoms with Gasteiger partial charge in [-0.3, -0.25) is 4.98 Å². The van der Waals surface area contributed by atoms with Crippen LogP contribution in [0.25, 0.3) is 32.9 Å². The molecule has 0 fully saturated rings. The number of anilines is 1. The number of H-pyrrole nitrogens is 1. The number of aromatic amines is 1. The number of fused-ring (bicyclic) bond motifs is 2. The summed E-state index contributed by atoms with van der Waals surface area (Å²) in [4.78, 5) is 7.73. The first kappa shape index (κ1) is 23.6. The first-order chi connectivity index (χ1) is 18.7. The molecule has 3 aromatic carbocycles. The fourth-order valence-corrected chi connectivity index (χ4v) is 4.67. The number of rotatable bonds is 9. The summed E-state index contributed by atoms with van der Waals surface area (Å²) < 4.78 is 6.06. The maximum atomic E-state index is 6.42. The van der Waals surface area contributed by atoms with Crippen LogP contribution in [0, 0.1) is 0 Å². The number of benzene rings is 3. The number of nitrogens with zero attached hydrogens (tertiary/aromatic N) is 3. The van der Waals surface area contributed by atoms with Crippen LogP contribution in [0.4, 0.5) is 5.69 Å². The minimum absolute atomic E-state index is 0.143. The molecule has 38 heavy (non-hydrogen) atoms. The molecule has 3 aromatic heterocycles. The van der Waals surface area contributed by atoms with Crippen LogP contribution in [0.1, 0.15) is 11.1 Å². The van der Waals surface area contributed by atoms with Crippen LogP contribution < -0.4 is 15.8 Å². The van der Waals surface area contributed by atoms with Gasteiger partial charge in [-0.2, -0.15) is 10.2 Å². The minimum Gasteiger partial charge on any atom is -0.490 e. The molecule has 1 atom stereocenters. The lowest BCUT2D eigenvalue weighted by Gasteiger charge is -2.14. The van der Waals surface area contributed by atoms with E-state index in [1.165, 1.54) is 16.5 Å². The Morgan fingerprint density at radius 1 is 0.868 bits per heavy atom. The van der Waals surface area contributed by atoms with Crippen LogP contribution in [0.5, 0.6) is 5.75 Å². The van der Waals surface area contributed by atoms with E-state index in [0.717, 1.165) is 39.7 Å². The molecule has 0 saturated heterocycles. The highest BCUT2D eigenvalue weighted by atomic mass is 16.5. The molecule has 7 heteroatoms. The number of para-hydroxylation sites is 1. The van der Waals surface area contributed by atoms with Crippen molar-refractivity contribution in [2.75, 3.05) is 11.9 Å². The highest BCUT2D eigenvalue weighted by molar-refractivity contribution is 5.93. The Kier molecular flexibility index (Phi) is 6.66. The summed E-state index contributed by atoms with van der Waals surface area (Å²) in [6, 6.07) is 26.5. The van der Waals surface area contributed by atoms with Crippen molar-refractivity contribution in [1.82, 2.24) is 20.2 Å². The molecule has 0 bridgehead atoms. The molecule has 0 saturated carbocycles.